The first kappa shape index (κ1) is 10.0. The average molecular weight is 169 g/mol. The Hall–Kier alpha value is -0.0400. The summed E-state index contributed by atoms with van der Waals surface area (Å²) >= 11 is 0. The first-order valence-corrected chi connectivity index (χ1v) is 5.54. The SMILES string of the molecule is CCC(C)C(CC)NC1CCC1. The van der Waals surface area contributed by atoms with Gasteiger partial charge in [-0.25, -0.2) is 0 Å². The molecule has 0 aromatic rings. The highest BCUT2D eigenvalue weighted by Gasteiger charge is 2.22. The molecule has 1 N–H and O–H groups in total. The van der Waals surface area contributed by atoms with Crippen molar-refractivity contribution < 1.29 is 0 Å². The normalized spacial score (nSPS) is 23.2. The maximum Gasteiger partial charge on any atom is 0.00925 e. The molecule has 1 aliphatic rings. The third kappa shape index (κ3) is 2.48. The minimum Gasteiger partial charge on any atom is -0.311 e. The van der Waals surface area contributed by atoms with Gasteiger partial charge in [0.15, 0.2) is 0 Å². The Morgan fingerprint density at radius 2 is 1.92 bits per heavy atom. The van der Waals surface area contributed by atoms with Crippen LogP contribution in [0.3, 0.4) is 0 Å². The highest BCUT2D eigenvalue weighted by molar-refractivity contribution is 4.82. The summed E-state index contributed by atoms with van der Waals surface area (Å²) < 4.78 is 0. The van der Waals surface area contributed by atoms with Crippen LogP contribution in [0.5, 0.6) is 0 Å². The third-order valence-corrected chi connectivity index (χ3v) is 3.33. The van der Waals surface area contributed by atoms with Crippen LogP contribution in [0.15, 0.2) is 0 Å². The molecule has 72 valence electrons. The van der Waals surface area contributed by atoms with Gasteiger partial charge in [-0.2, -0.15) is 0 Å². The lowest BCUT2D eigenvalue weighted by molar-refractivity contribution is 0.254. The highest BCUT2D eigenvalue weighted by Crippen LogP contribution is 2.21. The van der Waals surface area contributed by atoms with E-state index in [1.165, 1.54) is 32.1 Å². The third-order valence-electron chi connectivity index (χ3n) is 3.33. The molecule has 0 spiro atoms. The van der Waals surface area contributed by atoms with Gasteiger partial charge in [0.1, 0.15) is 0 Å². The zero-order valence-electron chi connectivity index (χ0n) is 8.77. The minimum absolute atomic E-state index is 0.764. The quantitative estimate of drug-likeness (QED) is 0.667. The summed E-state index contributed by atoms with van der Waals surface area (Å²) in [5.74, 6) is 0.843. The predicted octanol–water partition coefficient (Wildman–Crippen LogP) is 2.95. The predicted molar refractivity (Wildman–Crippen MR) is 54.3 cm³/mol. The maximum atomic E-state index is 3.75. The lowest BCUT2D eigenvalue weighted by Gasteiger charge is -2.33. The van der Waals surface area contributed by atoms with Crippen LogP contribution in [0.2, 0.25) is 0 Å². The maximum absolute atomic E-state index is 3.75. The van der Waals surface area contributed by atoms with Crippen molar-refractivity contribution in [1.29, 1.82) is 0 Å². The van der Waals surface area contributed by atoms with E-state index >= 15 is 0 Å². The summed E-state index contributed by atoms with van der Waals surface area (Å²) in [4.78, 5) is 0. The van der Waals surface area contributed by atoms with E-state index in [0.29, 0.717) is 0 Å². The van der Waals surface area contributed by atoms with Crippen molar-refractivity contribution in [1.82, 2.24) is 5.32 Å². The summed E-state index contributed by atoms with van der Waals surface area (Å²) in [6.45, 7) is 6.94. The monoisotopic (exact) mass is 169 g/mol. The lowest BCUT2D eigenvalue weighted by atomic mass is 9.89. The second kappa shape index (κ2) is 4.86. The van der Waals surface area contributed by atoms with Crippen LogP contribution in [-0.4, -0.2) is 12.1 Å². The van der Waals surface area contributed by atoms with Crippen molar-refractivity contribution in [3.8, 4) is 0 Å². The van der Waals surface area contributed by atoms with Gasteiger partial charge < -0.3 is 5.32 Å². The van der Waals surface area contributed by atoms with E-state index in [-0.39, 0.29) is 0 Å². The van der Waals surface area contributed by atoms with Gasteiger partial charge in [0, 0.05) is 12.1 Å². The molecule has 2 atom stereocenters. The molecular weight excluding hydrogens is 146 g/mol. The second-order valence-corrected chi connectivity index (χ2v) is 4.19. The van der Waals surface area contributed by atoms with Crippen LogP contribution in [0.4, 0.5) is 0 Å². The molecule has 1 rings (SSSR count). The van der Waals surface area contributed by atoms with Gasteiger partial charge in [0.2, 0.25) is 0 Å². The van der Waals surface area contributed by atoms with Crippen LogP contribution < -0.4 is 5.32 Å². The Morgan fingerprint density at radius 3 is 2.25 bits per heavy atom. The van der Waals surface area contributed by atoms with Crippen molar-refractivity contribution in [3.63, 3.8) is 0 Å². The Balaban J connectivity index is 2.23. The zero-order chi connectivity index (χ0) is 8.97. The summed E-state index contributed by atoms with van der Waals surface area (Å²) in [7, 11) is 0. The van der Waals surface area contributed by atoms with Gasteiger partial charge >= 0.3 is 0 Å². The molecule has 0 saturated heterocycles. The average Bonchev–Trinajstić information content (AvgIpc) is 2.02. The molecule has 0 radical (unpaired) electrons. The van der Waals surface area contributed by atoms with Crippen molar-refractivity contribution in [2.75, 3.05) is 0 Å². The van der Waals surface area contributed by atoms with Crippen molar-refractivity contribution in [2.24, 2.45) is 5.92 Å². The van der Waals surface area contributed by atoms with E-state index in [0.717, 1.165) is 18.0 Å². The van der Waals surface area contributed by atoms with E-state index < -0.39 is 0 Å². The fourth-order valence-electron chi connectivity index (χ4n) is 1.85. The number of hydrogen-bond acceptors (Lipinski definition) is 1. The molecule has 1 fully saturated rings. The van der Waals surface area contributed by atoms with Crippen molar-refractivity contribution in [2.45, 2.75) is 65.0 Å². The molecule has 1 saturated carbocycles. The van der Waals surface area contributed by atoms with Gasteiger partial charge in [0.05, 0.1) is 0 Å². The van der Waals surface area contributed by atoms with E-state index in [1.54, 1.807) is 0 Å². The molecule has 0 heterocycles. The molecule has 12 heavy (non-hydrogen) atoms. The van der Waals surface area contributed by atoms with E-state index in [4.69, 9.17) is 0 Å². The fraction of sp³-hybridized carbons (Fsp3) is 1.00. The molecule has 0 aromatic heterocycles. The number of nitrogens with one attached hydrogen (secondary N) is 1. The van der Waals surface area contributed by atoms with Gasteiger partial charge in [-0.15, -0.1) is 0 Å². The summed E-state index contributed by atoms with van der Waals surface area (Å²) in [6, 6.07) is 1.62. The van der Waals surface area contributed by atoms with E-state index in [1.807, 2.05) is 0 Å². The first-order chi connectivity index (χ1) is 5.77. The lowest BCUT2D eigenvalue weighted by Crippen LogP contribution is -2.44. The van der Waals surface area contributed by atoms with E-state index in [2.05, 4.69) is 26.1 Å². The molecule has 0 aromatic carbocycles. The highest BCUT2D eigenvalue weighted by atomic mass is 15.0. The molecule has 0 amide bonds. The molecule has 1 nitrogen and oxygen atoms in total. The standard InChI is InChI=1S/C11H23N/c1-4-9(3)11(5-2)12-10-7-6-8-10/h9-12H,4-8H2,1-3H3. The van der Waals surface area contributed by atoms with Crippen molar-refractivity contribution >= 4 is 0 Å². The molecular formula is C11H23N. The fourth-order valence-corrected chi connectivity index (χ4v) is 1.85. The zero-order valence-corrected chi connectivity index (χ0v) is 8.77. The smallest absolute Gasteiger partial charge is 0.00925 e. The van der Waals surface area contributed by atoms with Crippen LogP contribution >= 0.6 is 0 Å². The topological polar surface area (TPSA) is 12.0 Å². The molecule has 2 unspecified atom stereocenters. The minimum atomic E-state index is 0.764. The van der Waals surface area contributed by atoms with E-state index in [9.17, 15) is 0 Å². The van der Waals surface area contributed by atoms with Crippen LogP contribution in [0.25, 0.3) is 0 Å². The summed E-state index contributed by atoms with van der Waals surface area (Å²) in [5, 5.41) is 3.75. The molecule has 1 aliphatic carbocycles. The Bertz CT molecular complexity index is 118. The molecule has 1 heteroatoms. The summed E-state index contributed by atoms with van der Waals surface area (Å²) in [5.41, 5.74) is 0. The van der Waals surface area contributed by atoms with Crippen molar-refractivity contribution in [3.05, 3.63) is 0 Å². The van der Waals surface area contributed by atoms with Crippen LogP contribution in [0, 0.1) is 5.92 Å². The number of hydrogen-bond donors (Lipinski definition) is 1. The van der Waals surface area contributed by atoms with Crippen LogP contribution in [0.1, 0.15) is 52.9 Å². The summed E-state index contributed by atoms with van der Waals surface area (Å²) in [6.07, 6.45) is 6.85. The Kier molecular flexibility index (Phi) is 4.07. The number of rotatable bonds is 5. The van der Waals surface area contributed by atoms with Gasteiger partial charge in [0.25, 0.3) is 0 Å². The van der Waals surface area contributed by atoms with Gasteiger partial charge in [-0.05, 0) is 25.2 Å². The largest absolute Gasteiger partial charge is 0.311 e. The van der Waals surface area contributed by atoms with Crippen LogP contribution in [-0.2, 0) is 0 Å². The Morgan fingerprint density at radius 1 is 1.25 bits per heavy atom. The molecule has 0 bridgehead atoms. The first-order valence-electron chi connectivity index (χ1n) is 5.54. The second-order valence-electron chi connectivity index (χ2n) is 4.19. The van der Waals surface area contributed by atoms with Gasteiger partial charge in [-0.1, -0.05) is 33.6 Å². The Labute approximate surface area is 76.9 Å². The van der Waals surface area contributed by atoms with Gasteiger partial charge in [-0.3, -0.25) is 0 Å². The molecule has 0 aliphatic heterocycles.